The van der Waals surface area contributed by atoms with E-state index in [2.05, 4.69) is 27.7 Å². The second kappa shape index (κ2) is 18.0. The number of carbonyl (C=O) groups is 2. The van der Waals surface area contributed by atoms with Crippen LogP contribution in [0, 0.1) is 11.8 Å². The minimum absolute atomic E-state index is 0.0557. The second-order valence-electron chi connectivity index (χ2n) is 9.00. The summed E-state index contributed by atoms with van der Waals surface area (Å²) >= 11 is 0. The SMILES string of the molecule is CC(C)CCCCCC(=O)OCCCCC(C)OC(=O)CCCCCC(C)C. The third kappa shape index (κ3) is 19.7. The average molecular weight is 399 g/mol. The highest BCUT2D eigenvalue weighted by atomic mass is 16.5. The normalized spacial score (nSPS) is 12.4. The van der Waals surface area contributed by atoms with Gasteiger partial charge in [0.25, 0.3) is 0 Å². The van der Waals surface area contributed by atoms with Gasteiger partial charge < -0.3 is 9.47 Å². The standard InChI is InChI=1S/C24H46O4/c1-20(2)14-8-6-10-17-23(25)27-19-13-12-16-22(5)28-24(26)18-11-7-9-15-21(3)4/h20-22H,6-19H2,1-5H3. The topological polar surface area (TPSA) is 52.6 Å². The van der Waals surface area contributed by atoms with Crippen molar-refractivity contribution in [3.63, 3.8) is 0 Å². The Morgan fingerprint density at radius 3 is 1.64 bits per heavy atom. The predicted octanol–water partition coefficient (Wildman–Crippen LogP) is 6.84. The van der Waals surface area contributed by atoms with E-state index in [-0.39, 0.29) is 18.0 Å². The van der Waals surface area contributed by atoms with Gasteiger partial charge in [0.15, 0.2) is 0 Å². The Kier molecular flexibility index (Phi) is 17.3. The molecule has 0 aliphatic carbocycles. The lowest BCUT2D eigenvalue weighted by atomic mass is 10.0. The highest BCUT2D eigenvalue weighted by Gasteiger charge is 2.10. The Bertz CT molecular complexity index is 390. The zero-order chi connectivity index (χ0) is 21.2. The van der Waals surface area contributed by atoms with Crippen molar-refractivity contribution in [2.45, 2.75) is 124 Å². The monoisotopic (exact) mass is 398 g/mol. The molecule has 0 aliphatic heterocycles. The molecule has 0 N–H and O–H groups in total. The summed E-state index contributed by atoms with van der Waals surface area (Å²) in [7, 11) is 0. The van der Waals surface area contributed by atoms with Gasteiger partial charge in [-0.05, 0) is 50.9 Å². The van der Waals surface area contributed by atoms with Gasteiger partial charge in [-0.3, -0.25) is 9.59 Å². The molecule has 0 aromatic rings. The van der Waals surface area contributed by atoms with Crippen LogP contribution >= 0.6 is 0 Å². The van der Waals surface area contributed by atoms with E-state index in [0.29, 0.717) is 19.4 Å². The third-order valence-electron chi connectivity index (χ3n) is 4.93. The average Bonchev–Trinajstić information content (AvgIpc) is 2.60. The quantitative estimate of drug-likeness (QED) is 0.187. The maximum atomic E-state index is 11.8. The van der Waals surface area contributed by atoms with Gasteiger partial charge in [-0.25, -0.2) is 0 Å². The van der Waals surface area contributed by atoms with Gasteiger partial charge in [0.1, 0.15) is 0 Å². The first kappa shape index (κ1) is 26.9. The molecule has 1 unspecified atom stereocenters. The van der Waals surface area contributed by atoms with Gasteiger partial charge in [0, 0.05) is 12.8 Å². The highest BCUT2D eigenvalue weighted by Crippen LogP contribution is 2.12. The number of unbranched alkanes of at least 4 members (excludes halogenated alkanes) is 5. The number of carbonyl (C=O) groups excluding carboxylic acids is 2. The summed E-state index contributed by atoms with van der Waals surface area (Å²) in [5.74, 6) is 1.31. The third-order valence-corrected chi connectivity index (χ3v) is 4.93. The minimum Gasteiger partial charge on any atom is -0.466 e. The first-order chi connectivity index (χ1) is 13.3. The van der Waals surface area contributed by atoms with Crippen LogP contribution in [-0.4, -0.2) is 24.6 Å². The van der Waals surface area contributed by atoms with Gasteiger partial charge in [-0.15, -0.1) is 0 Å². The van der Waals surface area contributed by atoms with Crippen molar-refractivity contribution in [3.05, 3.63) is 0 Å². The molecular weight excluding hydrogens is 352 g/mol. The van der Waals surface area contributed by atoms with E-state index in [4.69, 9.17) is 9.47 Å². The van der Waals surface area contributed by atoms with E-state index >= 15 is 0 Å². The summed E-state index contributed by atoms with van der Waals surface area (Å²) < 4.78 is 10.7. The number of rotatable bonds is 18. The molecular formula is C24H46O4. The number of hydrogen-bond acceptors (Lipinski definition) is 4. The van der Waals surface area contributed by atoms with Gasteiger partial charge in [0.05, 0.1) is 12.7 Å². The van der Waals surface area contributed by atoms with E-state index in [0.717, 1.165) is 56.8 Å². The van der Waals surface area contributed by atoms with Gasteiger partial charge in [0.2, 0.25) is 0 Å². The summed E-state index contributed by atoms with van der Waals surface area (Å²) in [5.41, 5.74) is 0. The fourth-order valence-electron chi connectivity index (χ4n) is 3.13. The Morgan fingerprint density at radius 1 is 0.607 bits per heavy atom. The van der Waals surface area contributed by atoms with Crippen LogP contribution in [0.15, 0.2) is 0 Å². The zero-order valence-corrected chi connectivity index (χ0v) is 19.3. The molecule has 166 valence electrons. The van der Waals surface area contributed by atoms with E-state index in [9.17, 15) is 9.59 Å². The van der Waals surface area contributed by atoms with E-state index in [1.807, 2.05) is 6.92 Å². The first-order valence-corrected chi connectivity index (χ1v) is 11.7. The molecule has 0 aliphatic rings. The number of hydrogen-bond donors (Lipinski definition) is 0. The van der Waals surface area contributed by atoms with Gasteiger partial charge in [-0.2, -0.15) is 0 Å². The van der Waals surface area contributed by atoms with E-state index in [1.54, 1.807) is 0 Å². The molecule has 0 rings (SSSR count). The van der Waals surface area contributed by atoms with Crippen molar-refractivity contribution < 1.29 is 19.1 Å². The molecule has 4 nitrogen and oxygen atoms in total. The number of ether oxygens (including phenoxy) is 2. The molecule has 4 heteroatoms. The molecule has 28 heavy (non-hydrogen) atoms. The van der Waals surface area contributed by atoms with Crippen molar-refractivity contribution >= 4 is 11.9 Å². The first-order valence-electron chi connectivity index (χ1n) is 11.7. The molecule has 0 spiro atoms. The van der Waals surface area contributed by atoms with Crippen LogP contribution in [0.1, 0.15) is 118 Å². The van der Waals surface area contributed by atoms with Gasteiger partial charge >= 0.3 is 11.9 Å². The van der Waals surface area contributed by atoms with Crippen molar-refractivity contribution in [2.24, 2.45) is 11.8 Å². The van der Waals surface area contributed by atoms with Crippen molar-refractivity contribution in [1.29, 1.82) is 0 Å². The molecule has 0 aromatic carbocycles. The van der Waals surface area contributed by atoms with Crippen LogP contribution < -0.4 is 0 Å². The van der Waals surface area contributed by atoms with Gasteiger partial charge in [-0.1, -0.05) is 66.2 Å². The van der Waals surface area contributed by atoms with Crippen LogP contribution in [0.2, 0.25) is 0 Å². The summed E-state index contributed by atoms with van der Waals surface area (Å²) in [6.07, 6.45) is 12.5. The predicted molar refractivity (Wildman–Crippen MR) is 116 cm³/mol. The molecule has 0 bridgehead atoms. The van der Waals surface area contributed by atoms with Crippen molar-refractivity contribution in [1.82, 2.24) is 0 Å². The lowest BCUT2D eigenvalue weighted by molar-refractivity contribution is -0.148. The Labute approximate surface area is 174 Å². The van der Waals surface area contributed by atoms with Crippen molar-refractivity contribution in [3.8, 4) is 0 Å². The molecule has 0 fully saturated rings. The Hall–Kier alpha value is -1.06. The summed E-state index contributed by atoms with van der Waals surface area (Å²) in [6, 6.07) is 0. The highest BCUT2D eigenvalue weighted by molar-refractivity contribution is 5.69. The van der Waals surface area contributed by atoms with Crippen LogP contribution in [0.25, 0.3) is 0 Å². The van der Waals surface area contributed by atoms with E-state index < -0.39 is 0 Å². The largest absolute Gasteiger partial charge is 0.466 e. The van der Waals surface area contributed by atoms with E-state index in [1.165, 1.54) is 25.7 Å². The van der Waals surface area contributed by atoms with Crippen LogP contribution in [0.4, 0.5) is 0 Å². The lowest BCUT2D eigenvalue weighted by Gasteiger charge is -2.13. The molecule has 0 heterocycles. The molecule has 0 amide bonds. The zero-order valence-electron chi connectivity index (χ0n) is 19.3. The summed E-state index contributed by atoms with van der Waals surface area (Å²) in [5, 5.41) is 0. The summed E-state index contributed by atoms with van der Waals surface area (Å²) in [4.78, 5) is 23.5. The lowest BCUT2D eigenvalue weighted by Crippen LogP contribution is -2.15. The smallest absolute Gasteiger partial charge is 0.306 e. The summed E-state index contributed by atoms with van der Waals surface area (Å²) in [6.45, 7) is 11.3. The van der Waals surface area contributed by atoms with Crippen LogP contribution in [-0.2, 0) is 19.1 Å². The molecule has 0 saturated carbocycles. The Balaban J connectivity index is 3.49. The van der Waals surface area contributed by atoms with Crippen LogP contribution in [0.5, 0.6) is 0 Å². The maximum Gasteiger partial charge on any atom is 0.306 e. The second-order valence-corrected chi connectivity index (χ2v) is 9.00. The molecule has 0 aromatic heterocycles. The van der Waals surface area contributed by atoms with Crippen LogP contribution in [0.3, 0.4) is 0 Å². The molecule has 0 radical (unpaired) electrons. The fourth-order valence-corrected chi connectivity index (χ4v) is 3.13. The number of esters is 2. The Morgan fingerprint density at radius 2 is 1.11 bits per heavy atom. The fraction of sp³-hybridized carbons (Fsp3) is 0.917. The molecule has 1 atom stereocenters. The maximum absolute atomic E-state index is 11.8. The minimum atomic E-state index is -0.0825. The molecule has 0 saturated heterocycles. The van der Waals surface area contributed by atoms with Crippen molar-refractivity contribution in [2.75, 3.05) is 6.61 Å².